The van der Waals surface area contributed by atoms with E-state index in [1.807, 2.05) is 24.3 Å². The lowest BCUT2D eigenvalue weighted by molar-refractivity contribution is 0.0622. The summed E-state index contributed by atoms with van der Waals surface area (Å²) in [7, 11) is 0. The van der Waals surface area contributed by atoms with Crippen LogP contribution in [-0.4, -0.2) is 41.5 Å². The summed E-state index contributed by atoms with van der Waals surface area (Å²) in [4.78, 5) is 21.1. The zero-order valence-corrected chi connectivity index (χ0v) is 15.5. The van der Waals surface area contributed by atoms with Crippen LogP contribution < -0.4 is 5.32 Å². The molecule has 1 unspecified atom stereocenters. The Hall–Kier alpha value is -1.08. The number of carbonyl (C=O) groups is 1. The van der Waals surface area contributed by atoms with Gasteiger partial charge in [-0.1, -0.05) is 23.4 Å². The number of amides is 1. The molecule has 3 fully saturated rings. The predicted molar refractivity (Wildman–Crippen MR) is 98.1 cm³/mol. The average molecular weight is 380 g/mol. The highest BCUT2D eigenvalue weighted by Gasteiger charge is 2.35. The smallest absolute Gasteiger partial charge is 0.263 e. The van der Waals surface area contributed by atoms with Crippen molar-refractivity contribution in [3.8, 4) is 0 Å². The van der Waals surface area contributed by atoms with Crippen molar-refractivity contribution >= 4 is 40.6 Å². The van der Waals surface area contributed by atoms with Gasteiger partial charge >= 0.3 is 0 Å². The number of nitrogens with one attached hydrogen (secondary N) is 1. The molecule has 0 spiro atoms. The first kappa shape index (κ1) is 16.4. The summed E-state index contributed by atoms with van der Waals surface area (Å²) in [5.41, 5.74) is 0. The standard InChI is InChI=1S/C17H18ClN3OS2/c18-12-1-3-13(4-2-12)23-17-19-9-15(24-17)16(22)20-14-10-21-7-5-11(14)6-8-21/h1-4,9,11,14H,5-8,10H2,(H,20,22). The van der Waals surface area contributed by atoms with Gasteiger partial charge in [-0.3, -0.25) is 4.79 Å². The zero-order chi connectivity index (χ0) is 16.5. The summed E-state index contributed by atoms with van der Waals surface area (Å²) in [6, 6.07) is 7.93. The van der Waals surface area contributed by atoms with Gasteiger partial charge in [0.05, 0.1) is 6.20 Å². The number of aromatic nitrogens is 1. The van der Waals surface area contributed by atoms with E-state index in [1.54, 1.807) is 18.0 Å². The van der Waals surface area contributed by atoms with Crippen LogP contribution in [0.3, 0.4) is 0 Å². The summed E-state index contributed by atoms with van der Waals surface area (Å²) in [5.74, 6) is 0.643. The van der Waals surface area contributed by atoms with Gasteiger partial charge in [0.25, 0.3) is 5.91 Å². The molecule has 4 nitrogen and oxygen atoms in total. The van der Waals surface area contributed by atoms with Gasteiger partial charge in [-0.05, 0) is 56.1 Å². The Bertz CT molecular complexity index is 726. The lowest BCUT2D eigenvalue weighted by Gasteiger charge is -2.44. The molecule has 0 aliphatic carbocycles. The Kier molecular flexibility index (Phi) is 4.81. The molecule has 5 rings (SSSR count). The normalized spacial score (nSPS) is 25.6. The van der Waals surface area contributed by atoms with E-state index in [9.17, 15) is 4.79 Å². The lowest BCUT2D eigenvalue weighted by Crippen LogP contribution is -2.57. The third kappa shape index (κ3) is 3.61. The van der Waals surface area contributed by atoms with Gasteiger partial charge in [0, 0.05) is 22.5 Å². The first-order chi connectivity index (χ1) is 11.7. The van der Waals surface area contributed by atoms with Crippen molar-refractivity contribution in [2.75, 3.05) is 19.6 Å². The van der Waals surface area contributed by atoms with E-state index in [0.29, 0.717) is 10.8 Å². The van der Waals surface area contributed by atoms with E-state index < -0.39 is 0 Å². The number of nitrogens with zero attached hydrogens (tertiary/aromatic N) is 2. The molecule has 2 aromatic rings. The maximum atomic E-state index is 12.5. The zero-order valence-electron chi connectivity index (χ0n) is 13.1. The molecule has 4 heterocycles. The number of hydrogen-bond donors (Lipinski definition) is 1. The third-order valence-electron chi connectivity index (χ3n) is 4.70. The highest BCUT2D eigenvalue weighted by Crippen LogP contribution is 2.32. The molecule has 0 saturated carbocycles. The highest BCUT2D eigenvalue weighted by atomic mass is 35.5. The minimum absolute atomic E-state index is 0.00852. The quantitative estimate of drug-likeness (QED) is 0.878. The van der Waals surface area contributed by atoms with Crippen molar-refractivity contribution < 1.29 is 4.79 Å². The van der Waals surface area contributed by atoms with Gasteiger partial charge < -0.3 is 10.2 Å². The number of fused-ring (bicyclic) bond motifs is 3. The SMILES string of the molecule is O=C(NC1CN2CCC1CC2)c1cnc(Sc2ccc(Cl)cc2)s1. The third-order valence-corrected chi connectivity index (χ3v) is 7.03. The molecule has 3 saturated heterocycles. The fourth-order valence-corrected chi connectivity index (χ4v) is 5.36. The minimum atomic E-state index is 0.00852. The molecule has 1 amide bonds. The number of halogens is 1. The monoisotopic (exact) mass is 379 g/mol. The Morgan fingerprint density at radius 2 is 2.04 bits per heavy atom. The second-order valence-corrected chi connectivity index (χ2v) is 9.05. The Balaban J connectivity index is 1.39. The number of rotatable bonds is 4. The number of hydrogen-bond acceptors (Lipinski definition) is 5. The molecule has 24 heavy (non-hydrogen) atoms. The van der Waals surface area contributed by atoms with Crippen molar-refractivity contribution in [2.24, 2.45) is 5.92 Å². The second-order valence-electron chi connectivity index (χ2n) is 6.26. The summed E-state index contributed by atoms with van der Waals surface area (Å²) >= 11 is 8.90. The largest absolute Gasteiger partial charge is 0.347 e. The van der Waals surface area contributed by atoms with Crippen molar-refractivity contribution in [1.29, 1.82) is 0 Å². The topological polar surface area (TPSA) is 45.2 Å². The van der Waals surface area contributed by atoms with Crippen LogP contribution in [0.1, 0.15) is 22.5 Å². The van der Waals surface area contributed by atoms with E-state index in [0.717, 1.165) is 20.8 Å². The van der Waals surface area contributed by atoms with E-state index in [1.165, 1.54) is 37.3 Å². The first-order valence-electron chi connectivity index (χ1n) is 8.10. The van der Waals surface area contributed by atoms with Gasteiger partial charge in [0.15, 0.2) is 4.34 Å². The minimum Gasteiger partial charge on any atom is -0.347 e. The molecular weight excluding hydrogens is 362 g/mol. The molecule has 0 radical (unpaired) electrons. The van der Waals surface area contributed by atoms with Crippen LogP contribution in [-0.2, 0) is 0 Å². The maximum absolute atomic E-state index is 12.5. The highest BCUT2D eigenvalue weighted by molar-refractivity contribution is 8.01. The van der Waals surface area contributed by atoms with Crippen LogP contribution in [0.25, 0.3) is 0 Å². The number of carbonyl (C=O) groups excluding carboxylic acids is 1. The van der Waals surface area contributed by atoms with Crippen LogP contribution in [0.15, 0.2) is 39.7 Å². The summed E-state index contributed by atoms with van der Waals surface area (Å²) in [6.45, 7) is 3.35. The molecule has 3 aliphatic heterocycles. The second kappa shape index (κ2) is 7.04. The van der Waals surface area contributed by atoms with Crippen molar-refractivity contribution in [3.05, 3.63) is 40.4 Å². The molecular formula is C17H18ClN3OS2. The Labute approximate surface area is 154 Å². The Morgan fingerprint density at radius 3 is 2.71 bits per heavy atom. The van der Waals surface area contributed by atoms with E-state index >= 15 is 0 Å². The van der Waals surface area contributed by atoms with E-state index in [4.69, 9.17) is 11.6 Å². The van der Waals surface area contributed by atoms with Gasteiger partial charge in [0.1, 0.15) is 4.88 Å². The predicted octanol–water partition coefficient (Wildman–Crippen LogP) is 3.77. The molecule has 1 aromatic carbocycles. The molecule has 3 aliphatic rings. The van der Waals surface area contributed by atoms with Crippen molar-refractivity contribution in [1.82, 2.24) is 15.2 Å². The van der Waals surface area contributed by atoms with Crippen molar-refractivity contribution in [3.63, 3.8) is 0 Å². The molecule has 1 aromatic heterocycles. The van der Waals surface area contributed by atoms with Gasteiger partial charge in [-0.15, -0.1) is 11.3 Å². The fraction of sp³-hybridized carbons (Fsp3) is 0.412. The number of thiazole rings is 1. The fourth-order valence-electron chi connectivity index (χ4n) is 3.38. The Morgan fingerprint density at radius 1 is 1.29 bits per heavy atom. The maximum Gasteiger partial charge on any atom is 0.263 e. The molecule has 126 valence electrons. The van der Waals surface area contributed by atoms with Crippen LogP contribution >= 0.6 is 34.7 Å². The van der Waals surface area contributed by atoms with Crippen molar-refractivity contribution in [2.45, 2.75) is 28.1 Å². The number of benzene rings is 1. The molecule has 1 N–H and O–H groups in total. The first-order valence-corrected chi connectivity index (χ1v) is 10.1. The summed E-state index contributed by atoms with van der Waals surface area (Å²) in [6.07, 6.45) is 4.08. The van der Waals surface area contributed by atoms with E-state index in [2.05, 4.69) is 15.2 Å². The summed E-state index contributed by atoms with van der Waals surface area (Å²) < 4.78 is 0.872. The lowest BCUT2D eigenvalue weighted by atomic mass is 9.84. The van der Waals surface area contributed by atoms with Crippen LogP contribution in [0, 0.1) is 5.92 Å². The molecule has 1 atom stereocenters. The van der Waals surface area contributed by atoms with Crippen LogP contribution in [0.2, 0.25) is 5.02 Å². The molecule has 7 heteroatoms. The number of piperidine rings is 3. The average Bonchev–Trinajstić information content (AvgIpc) is 3.07. The van der Waals surface area contributed by atoms with E-state index in [-0.39, 0.29) is 11.9 Å². The molecule has 2 bridgehead atoms. The van der Waals surface area contributed by atoms with Gasteiger partial charge in [-0.25, -0.2) is 4.98 Å². The van der Waals surface area contributed by atoms with Gasteiger partial charge in [-0.2, -0.15) is 0 Å². The summed E-state index contributed by atoms with van der Waals surface area (Å²) in [5, 5.41) is 3.93. The van der Waals surface area contributed by atoms with Crippen LogP contribution in [0.5, 0.6) is 0 Å². The van der Waals surface area contributed by atoms with Crippen LogP contribution in [0.4, 0.5) is 0 Å². The van der Waals surface area contributed by atoms with Gasteiger partial charge in [0.2, 0.25) is 0 Å².